The van der Waals surface area contributed by atoms with E-state index < -0.39 is 0 Å². The van der Waals surface area contributed by atoms with Gasteiger partial charge >= 0.3 is 0 Å². The van der Waals surface area contributed by atoms with Crippen molar-refractivity contribution in [1.29, 1.82) is 0 Å². The van der Waals surface area contributed by atoms with Crippen LogP contribution in [0.15, 0.2) is 0 Å². The van der Waals surface area contributed by atoms with E-state index in [-0.39, 0.29) is 23.7 Å². The van der Waals surface area contributed by atoms with E-state index in [1.54, 1.807) is 0 Å². The highest BCUT2D eigenvalue weighted by atomic mass is 16.2. The molecule has 0 aromatic heterocycles. The molecule has 3 atom stereocenters. The average Bonchev–Trinajstić information content (AvgIpc) is 3.22. The van der Waals surface area contributed by atoms with E-state index in [0.717, 1.165) is 51.0 Å². The molecule has 1 N–H and O–H groups in total. The molecule has 2 amide bonds. The Labute approximate surface area is 121 Å². The van der Waals surface area contributed by atoms with E-state index in [1.165, 1.54) is 6.42 Å². The number of amides is 2. The monoisotopic (exact) mass is 278 g/mol. The normalized spacial score (nSPS) is 34.0. The van der Waals surface area contributed by atoms with Crippen LogP contribution >= 0.6 is 0 Å². The first-order valence-corrected chi connectivity index (χ1v) is 8.22. The van der Waals surface area contributed by atoms with Gasteiger partial charge in [0.05, 0.1) is 5.92 Å². The van der Waals surface area contributed by atoms with E-state index >= 15 is 0 Å². The summed E-state index contributed by atoms with van der Waals surface area (Å²) in [6.45, 7) is 3.74. The standard InChI is InChI=1S/C16H26N2O2/c1-11-4-7-14(9-11)17-15(19)13-3-2-8-18(10-13)16(20)12-5-6-12/h11-14H,2-10H2,1H3,(H,17,19). The molecule has 112 valence electrons. The second-order valence-corrected chi connectivity index (χ2v) is 7.02. The highest BCUT2D eigenvalue weighted by Crippen LogP contribution is 2.32. The predicted octanol–water partition coefficient (Wildman–Crippen LogP) is 1.94. The van der Waals surface area contributed by atoms with Gasteiger partial charge in [-0.15, -0.1) is 0 Å². The lowest BCUT2D eigenvalue weighted by Gasteiger charge is -2.32. The minimum atomic E-state index is 0.0161. The summed E-state index contributed by atoms with van der Waals surface area (Å²) < 4.78 is 0. The van der Waals surface area contributed by atoms with Gasteiger partial charge in [0.1, 0.15) is 0 Å². The number of carbonyl (C=O) groups excluding carboxylic acids is 2. The molecule has 1 heterocycles. The highest BCUT2D eigenvalue weighted by molar-refractivity contribution is 5.83. The molecule has 4 nitrogen and oxygen atoms in total. The van der Waals surface area contributed by atoms with Crippen LogP contribution in [0.2, 0.25) is 0 Å². The number of hydrogen-bond donors (Lipinski definition) is 1. The number of likely N-dealkylation sites (tertiary alicyclic amines) is 1. The molecule has 0 bridgehead atoms. The van der Waals surface area contributed by atoms with Crippen LogP contribution in [-0.4, -0.2) is 35.8 Å². The zero-order valence-electron chi connectivity index (χ0n) is 12.4. The second kappa shape index (κ2) is 5.74. The summed E-state index contributed by atoms with van der Waals surface area (Å²) in [5.74, 6) is 1.49. The Kier molecular flexibility index (Phi) is 3.99. The third-order valence-electron chi connectivity index (χ3n) is 5.07. The van der Waals surface area contributed by atoms with Crippen LogP contribution in [0, 0.1) is 17.8 Å². The van der Waals surface area contributed by atoms with Gasteiger partial charge in [0.25, 0.3) is 0 Å². The third kappa shape index (κ3) is 3.15. The Morgan fingerprint density at radius 2 is 1.85 bits per heavy atom. The largest absolute Gasteiger partial charge is 0.353 e. The van der Waals surface area contributed by atoms with Crippen molar-refractivity contribution in [3.8, 4) is 0 Å². The number of piperidine rings is 1. The van der Waals surface area contributed by atoms with Crippen molar-refractivity contribution >= 4 is 11.8 Å². The first kappa shape index (κ1) is 13.9. The van der Waals surface area contributed by atoms with Crippen LogP contribution < -0.4 is 5.32 Å². The van der Waals surface area contributed by atoms with E-state index in [2.05, 4.69) is 12.2 Å². The van der Waals surface area contributed by atoms with E-state index in [4.69, 9.17) is 0 Å². The third-order valence-corrected chi connectivity index (χ3v) is 5.07. The summed E-state index contributed by atoms with van der Waals surface area (Å²) in [4.78, 5) is 26.4. The number of hydrogen-bond acceptors (Lipinski definition) is 2. The Balaban J connectivity index is 1.50. The fraction of sp³-hybridized carbons (Fsp3) is 0.875. The maximum absolute atomic E-state index is 12.4. The van der Waals surface area contributed by atoms with Gasteiger partial charge < -0.3 is 10.2 Å². The maximum Gasteiger partial charge on any atom is 0.225 e. The van der Waals surface area contributed by atoms with Crippen molar-refractivity contribution in [3.05, 3.63) is 0 Å². The highest BCUT2D eigenvalue weighted by Gasteiger charge is 2.37. The molecule has 2 saturated carbocycles. The van der Waals surface area contributed by atoms with Crippen LogP contribution in [-0.2, 0) is 9.59 Å². The molecular weight excluding hydrogens is 252 g/mol. The van der Waals surface area contributed by atoms with Crippen molar-refractivity contribution in [2.45, 2.75) is 57.9 Å². The van der Waals surface area contributed by atoms with Crippen LogP contribution in [0.4, 0.5) is 0 Å². The minimum Gasteiger partial charge on any atom is -0.353 e. The van der Waals surface area contributed by atoms with Gasteiger partial charge in [-0.25, -0.2) is 0 Å². The van der Waals surface area contributed by atoms with Crippen molar-refractivity contribution < 1.29 is 9.59 Å². The summed E-state index contributed by atoms with van der Waals surface area (Å²) in [7, 11) is 0. The average molecular weight is 278 g/mol. The summed E-state index contributed by atoms with van der Waals surface area (Å²) in [5.41, 5.74) is 0. The molecule has 4 heteroatoms. The number of rotatable bonds is 3. The Hall–Kier alpha value is -1.06. The topological polar surface area (TPSA) is 49.4 Å². The van der Waals surface area contributed by atoms with Crippen LogP contribution in [0.1, 0.15) is 51.9 Å². The summed E-state index contributed by atoms with van der Waals surface area (Å²) >= 11 is 0. The zero-order valence-corrected chi connectivity index (χ0v) is 12.4. The van der Waals surface area contributed by atoms with Crippen molar-refractivity contribution in [1.82, 2.24) is 10.2 Å². The fourth-order valence-corrected chi connectivity index (χ4v) is 3.64. The molecule has 1 saturated heterocycles. The minimum absolute atomic E-state index is 0.0161. The van der Waals surface area contributed by atoms with Gasteiger partial charge in [-0.1, -0.05) is 6.92 Å². The maximum atomic E-state index is 12.4. The SMILES string of the molecule is CC1CCC(NC(=O)C2CCCN(C(=O)C3CC3)C2)C1. The second-order valence-electron chi connectivity index (χ2n) is 7.02. The molecule has 0 aromatic rings. The molecule has 1 aliphatic heterocycles. The Bertz CT molecular complexity index is 392. The van der Waals surface area contributed by atoms with Gasteiger partial charge in [-0.3, -0.25) is 9.59 Å². The molecule has 2 aliphatic carbocycles. The molecule has 0 spiro atoms. The van der Waals surface area contributed by atoms with Crippen molar-refractivity contribution in [2.24, 2.45) is 17.8 Å². The Morgan fingerprint density at radius 3 is 2.50 bits per heavy atom. The van der Waals surface area contributed by atoms with Crippen LogP contribution in [0.3, 0.4) is 0 Å². The van der Waals surface area contributed by atoms with E-state index in [0.29, 0.717) is 12.6 Å². The molecule has 0 radical (unpaired) electrons. The lowest BCUT2D eigenvalue weighted by molar-refractivity contribution is -0.137. The molecule has 3 fully saturated rings. The summed E-state index contributed by atoms with van der Waals surface area (Å²) in [6, 6.07) is 0.368. The number of nitrogens with one attached hydrogen (secondary N) is 1. The van der Waals surface area contributed by atoms with Crippen molar-refractivity contribution in [2.75, 3.05) is 13.1 Å². The molecule has 3 unspecified atom stereocenters. The summed E-state index contributed by atoms with van der Waals surface area (Å²) in [5, 5.41) is 3.21. The van der Waals surface area contributed by atoms with Gasteiger partial charge in [0.15, 0.2) is 0 Å². The smallest absolute Gasteiger partial charge is 0.225 e. The van der Waals surface area contributed by atoms with Crippen LogP contribution in [0.25, 0.3) is 0 Å². The molecule has 0 aromatic carbocycles. The molecule has 3 rings (SSSR count). The quantitative estimate of drug-likeness (QED) is 0.857. The first-order chi connectivity index (χ1) is 9.63. The summed E-state index contributed by atoms with van der Waals surface area (Å²) in [6.07, 6.45) is 7.45. The number of nitrogens with zero attached hydrogens (tertiary/aromatic N) is 1. The predicted molar refractivity (Wildman–Crippen MR) is 77.0 cm³/mol. The first-order valence-electron chi connectivity index (χ1n) is 8.22. The van der Waals surface area contributed by atoms with Gasteiger partial charge in [-0.2, -0.15) is 0 Å². The van der Waals surface area contributed by atoms with Gasteiger partial charge in [0.2, 0.25) is 11.8 Å². The molecular formula is C16H26N2O2. The molecule has 20 heavy (non-hydrogen) atoms. The van der Waals surface area contributed by atoms with E-state index in [9.17, 15) is 9.59 Å². The molecule has 3 aliphatic rings. The van der Waals surface area contributed by atoms with E-state index in [1.807, 2.05) is 4.90 Å². The number of carbonyl (C=O) groups is 2. The van der Waals surface area contributed by atoms with Crippen molar-refractivity contribution in [3.63, 3.8) is 0 Å². The lowest BCUT2D eigenvalue weighted by Crippen LogP contribution is -2.47. The van der Waals surface area contributed by atoms with Gasteiger partial charge in [0, 0.05) is 25.0 Å². The van der Waals surface area contributed by atoms with Gasteiger partial charge in [-0.05, 0) is 50.9 Å². The lowest BCUT2D eigenvalue weighted by atomic mass is 9.96. The Morgan fingerprint density at radius 1 is 1.05 bits per heavy atom. The zero-order chi connectivity index (χ0) is 14.1. The fourth-order valence-electron chi connectivity index (χ4n) is 3.64. The van der Waals surface area contributed by atoms with Crippen LogP contribution in [0.5, 0.6) is 0 Å².